The predicted molar refractivity (Wildman–Crippen MR) is 45.3 cm³/mol. The number of ether oxygens (including phenoxy) is 1. The number of hydrogen-bond donors (Lipinski definition) is 1. The number of aliphatic hydroxyl groups is 1. The van der Waals surface area contributed by atoms with Crippen LogP contribution in [0.15, 0.2) is 0 Å². The second-order valence-corrected chi connectivity index (χ2v) is 3.35. The Hall–Kier alpha value is -0.940. The van der Waals surface area contributed by atoms with Crippen LogP contribution in [-0.2, 0) is 11.8 Å². The Balaban J connectivity index is 2.24. The molecule has 2 heterocycles. The summed E-state index contributed by atoms with van der Waals surface area (Å²) in [4.78, 5) is 4.25. The van der Waals surface area contributed by atoms with Crippen LogP contribution < -0.4 is 0 Å². The smallest absolute Gasteiger partial charge is 0.158 e. The topological polar surface area (TPSA) is 60.2 Å². The zero-order valence-corrected chi connectivity index (χ0v) is 7.77. The van der Waals surface area contributed by atoms with E-state index in [0.29, 0.717) is 19.0 Å². The lowest BCUT2D eigenvalue weighted by Gasteiger charge is -2.06. The van der Waals surface area contributed by atoms with Gasteiger partial charge in [-0.2, -0.15) is 5.10 Å². The van der Waals surface area contributed by atoms with E-state index >= 15 is 0 Å². The van der Waals surface area contributed by atoms with Gasteiger partial charge in [0.15, 0.2) is 5.82 Å². The van der Waals surface area contributed by atoms with Gasteiger partial charge in [0.25, 0.3) is 0 Å². The molecular weight excluding hydrogens is 170 g/mol. The van der Waals surface area contributed by atoms with Gasteiger partial charge in [-0.3, -0.25) is 4.68 Å². The van der Waals surface area contributed by atoms with E-state index in [1.165, 1.54) is 0 Å². The molecule has 0 amide bonds. The molecule has 0 saturated carbocycles. The Kier molecular flexibility index (Phi) is 2.05. The number of rotatable bonds is 1. The van der Waals surface area contributed by atoms with Crippen LogP contribution in [0.25, 0.3) is 0 Å². The maximum absolute atomic E-state index is 9.53. The molecule has 1 saturated heterocycles. The molecule has 72 valence electrons. The Morgan fingerprint density at radius 1 is 1.54 bits per heavy atom. The lowest BCUT2D eigenvalue weighted by molar-refractivity contribution is 0.124. The fraction of sp³-hybridized carbons (Fsp3) is 0.750. The van der Waals surface area contributed by atoms with Crippen molar-refractivity contribution in [1.82, 2.24) is 14.8 Å². The molecule has 0 spiro atoms. The molecule has 2 atom stereocenters. The first-order valence-electron chi connectivity index (χ1n) is 4.32. The van der Waals surface area contributed by atoms with E-state index in [1.54, 1.807) is 4.68 Å². The molecule has 0 bridgehead atoms. The monoisotopic (exact) mass is 183 g/mol. The van der Waals surface area contributed by atoms with E-state index in [2.05, 4.69) is 10.1 Å². The lowest BCUT2D eigenvalue weighted by atomic mass is 10.1. The molecular formula is C8H13N3O2. The van der Waals surface area contributed by atoms with Crippen LogP contribution >= 0.6 is 0 Å². The van der Waals surface area contributed by atoms with Crippen molar-refractivity contribution < 1.29 is 9.84 Å². The molecule has 0 aliphatic carbocycles. The minimum absolute atomic E-state index is 0.0556. The average Bonchev–Trinajstić information content (AvgIpc) is 2.60. The zero-order chi connectivity index (χ0) is 9.42. The van der Waals surface area contributed by atoms with E-state index in [1.807, 2.05) is 14.0 Å². The molecule has 1 N–H and O–H groups in total. The summed E-state index contributed by atoms with van der Waals surface area (Å²) in [6, 6.07) is 0. The van der Waals surface area contributed by atoms with E-state index in [-0.39, 0.29) is 5.92 Å². The summed E-state index contributed by atoms with van der Waals surface area (Å²) in [5, 5.41) is 13.7. The molecule has 5 nitrogen and oxygen atoms in total. The normalized spacial score (nSPS) is 28.2. The standard InChI is InChI=1S/C8H13N3O2/c1-5-9-8(10-11(5)2)6-3-13-4-7(6)12/h6-7,12H,3-4H2,1-2H3. The van der Waals surface area contributed by atoms with Gasteiger partial charge in [-0.25, -0.2) is 4.98 Å². The Labute approximate surface area is 76.3 Å². The van der Waals surface area contributed by atoms with Gasteiger partial charge in [0.2, 0.25) is 0 Å². The van der Waals surface area contributed by atoms with E-state index in [9.17, 15) is 5.11 Å². The number of aliphatic hydroxyl groups excluding tert-OH is 1. The van der Waals surface area contributed by atoms with E-state index < -0.39 is 6.10 Å². The van der Waals surface area contributed by atoms with Crippen molar-refractivity contribution in [1.29, 1.82) is 0 Å². The summed E-state index contributed by atoms with van der Waals surface area (Å²) in [5.74, 6) is 1.49. The van der Waals surface area contributed by atoms with Gasteiger partial charge >= 0.3 is 0 Å². The molecule has 1 aromatic heterocycles. The molecule has 1 fully saturated rings. The van der Waals surface area contributed by atoms with Crippen molar-refractivity contribution in [2.45, 2.75) is 18.9 Å². The Bertz CT molecular complexity index is 291. The van der Waals surface area contributed by atoms with Gasteiger partial charge in [0.1, 0.15) is 5.82 Å². The van der Waals surface area contributed by atoms with Crippen LogP contribution in [0.2, 0.25) is 0 Å². The largest absolute Gasteiger partial charge is 0.390 e. The van der Waals surface area contributed by atoms with Crippen molar-refractivity contribution in [3.8, 4) is 0 Å². The summed E-state index contributed by atoms with van der Waals surface area (Å²) in [5.41, 5.74) is 0. The molecule has 1 aliphatic heterocycles. The molecule has 1 aromatic rings. The van der Waals surface area contributed by atoms with Gasteiger partial charge in [0.05, 0.1) is 25.2 Å². The molecule has 2 unspecified atom stereocenters. The van der Waals surface area contributed by atoms with Crippen LogP contribution in [0.5, 0.6) is 0 Å². The minimum Gasteiger partial charge on any atom is -0.390 e. The quantitative estimate of drug-likeness (QED) is 0.643. The summed E-state index contributed by atoms with van der Waals surface area (Å²) in [7, 11) is 1.84. The summed E-state index contributed by atoms with van der Waals surface area (Å²) in [6.07, 6.45) is -0.457. The maximum atomic E-state index is 9.53. The fourth-order valence-electron chi connectivity index (χ4n) is 1.43. The van der Waals surface area contributed by atoms with E-state index in [0.717, 1.165) is 5.82 Å². The predicted octanol–water partition coefficient (Wildman–Crippen LogP) is -0.402. The van der Waals surface area contributed by atoms with Crippen molar-refractivity contribution in [3.05, 3.63) is 11.6 Å². The molecule has 0 radical (unpaired) electrons. The van der Waals surface area contributed by atoms with Crippen LogP contribution in [0.4, 0.5) is 0 Å². The molecule has 0 aromatic carbocycles. The van der Waals surface area contributed by atoms with Crippen molar-refractivity contribution in [3.63, 3.8) is 0 Å². The summed E-state index contributed by atoms with van der Waals surface area (Å²) in [6.45, 7) is 2.80. The van der Waals surface area contributed by atoms with Crippen molar-refractivity contribution in [2.24, 2.45) is 7.05 Å². The third kappa shape index (κ3) is 1.45. The molecule has 2 rings (SSSR count). The van der Waals surface area contributed by atoms with Crippen LogP contribution in [-0.4, -0.2) is 39.2 Å². The SMILES string of the molecule is Cc1nc(C2COCC2O)nn1C. The van der Waals surface area contributed by atoms with E-state index in [4.69, 9.17) is 4.74 Å². The number of hydrogen-bond acceptors (Lipinski definition) is 4. The van der Waals surface area contributed by atoms with Gasteiger partial charge < -0.3 is 9.84 Å². The van der Waals surface area contributed by atoms with Crippen LogP contribution in [0, 0.1) is 6.92 Å². The Morgan fingerprint density at radius 3 is 2.77 bits per heavy atom. The number of nitrogens with zero attached hydrogens (tertiary/aromatic N) is 3. The zero-order valence-electron chi connectivity index (χ0n) is 7.77. The van der Waals surface area contributed by atoms with Gasteiger partial charge in [0, 0.05) is 7.05 Å². The Morgan fingerprint density at radius 2 is 2.31 bits per heavy atom. The second kappa shape index (κ2) is 3.08. The number of aryl methyl sites for hydroxylation is 2. The summed E-state index contributed by atoms with van der Waals surface area (Å²) >= 11 is 0. The summed E-state index contributed by atoms with van der Waals surface area (Å²) < 4.78 is 6.84. The highest BCUT2D eigenvalue weighted by Crippen LogP contribution is 2.22. The first-order valence-corrected chi connectivity index (χ1v) is 4.32. The highest BCUT2D eigenvalue weighted by atomic mass is 16.5. The molecule has 1 aliphatic rings. The van der Waals surface area contributed by atoms with Gasteiger partial charge in [-0.1, -0.05) is 0 Å². The third-order valence-electron chi connectivity index (χ3n) is 2.38. The van der Waals surface area contributed by atoms with Crippen LogP contribution in [0.3, 0.4) is 0 Å². The first-order chi connectivity index (χ1) is 6.18. The third-order valence-corrected chi connectivity index (χ3v) is 2.38. The maximum Gasteiger partial charge on any atom is 0.158 e. The molecule has 13 heavy (non-hydrogen) atoms. The minimum atomic E-state index is -0.457. The molecule has 5 heteroatoms. The average molecular weight is 183 g/mol. The fourth-order valence-corrected chi connectivity index (χ4v) is 1.43. The van der Waals surface area contributed by atoms with Crippen LogP contribution in [0.1, 0.15) is 17.6 Å². The second-order valence-electron chi connectivity index (χ2n) is 3.35. The number of aromatic nitrogens is 3. The highest BCUT2D eigenvalue weighted by Gasteiger charge is 2.31. The lowest BCUT2D eigenvalue weighted by Crippen LogP contribution is -2.17. The van der Waals surface area contributed by atoms with Crippen molar-refractivity contribution in [2.75, 3.05) is 13.2 Å². The van der Waals surface area contributed by atoms with Gasteiger partial charge in [-0.05, 0) is 6.92 Å². The first kappa shape index (κ1) is 8.65. The highest BCUT2D eigenvalue weighted by molar-refractivity contribution is 5.03. The van der Waals surface area contributed by atoms with Gasteiger partial charge in [-0.15, -0.1) is 0 Å². The van der Waals surface area contributed by atoms with Crippen molar-refractivity contribution >= 4 is 0 Å².